The zero-order chi connectivity index (χ0) is 18.4. The Labute approximate surface area is 153 Å². The van der Waals surface area contributed by atoms with Gasteiger partial charge in [0.25, 0.3) is 5.91 Å². The maximum Gasteiger partial charge on any atom is 0.254 e. The summed E-state index contributed by atoms with van der Waals surface area (Å²) >= 11 is 1.39. The topological polar surface area (TPSA) is 66.9 Å². The third-order valence-electron chi connectivity index (χ3n) is 3.54. The first-order valence-corrected chi connectivity index (χ1v) is 8.77. The SMILES string of the molecule is O=C(NCCNc1nnc(Cc2ccc(F)cc2)s1)c1ccccc1F. The number of carbonyl (C=O) groups excluding carboxylic acids is 1. The second-order valence-corrected chi connectivity index (χ2v) is 6.53. The number of benzene rings is 2. The summed E-state index contributed by atoms with van der Waals surface area (Å²) in [7, 11) is 0. The van der Waals surface area contributed by atoms with Crippen LogP contribution in [0.4, 0.5) is 13.9 Å². The van der Waals surface area contributed by atoms with Crippen molar-refractivity contribution in [2.75, 3.05) is 18.4 Å². The number of anilines is 1. The van der Waals surface area contributed by atoms with Gasteiger partial charge in [-0.2, -0.15) is 0 Å². The van der Waals surface area contributed by atoms with Gasteiger partial charge >= 0.3 is 0 Å². The molecule has 0 spiro atoms. The summed E-state index contributed by atoms with van der Waals surface area (Å²) in [6.45, 7) is 0.755. The lowest BCUT2D eigenvalue weighted by Crippen LogP contribution is -2.29. The van der Waals surface area contributed by atoms with Crippen LogP contribution in [0.1, 0.15) is 20.9 Å². The molecule has 0 atom stereocenters. The van der Waals surface area contributed by atoms with Crippen molar-refractivity contribution in [3.05, 3.63) is 76.3 Å². The molecular weight excluding hydrogens is 358 g/mol. The average Bonchev–Trinajstić information content (AvgIpc) is 3.08. The van der Waals surface area contributed by atoms with Gasteiger partial charge in [0.05, 0.1) is 5.56 Å². The number of nitrogens with zero attached hydrogens (tertiary/aromatic N) is 2. The zero-order valence-corrected chi connectivity index (χ0v) is 14.5. The average molecular weight is 374 g/mol. The van der Waals surface area contributed by atoms with Gasteiger partial charge in [0.1, 0.15) is 16.6 Å². The predicted octanol–water partition coefficient (Wildman–Crippen LogP) is 3.25. The first-order valence-electron chi connectivity index (χ1n) is 7.95. The molecule has 3 rings (SSSR count). The molecule has 0 radical (unpaired) electrons. The Morgan fingerprint density at radius 3 is 2.54 bits per heavy atom. The van der Waals surface area contributed by atoms with E-state index in [1.54, 1.807) is 18.2 Å². The van der Waals surface area contributed by atoms with Crippen molar-refractivity contribution in [2.45, 2.75) is 6.42 Å². The Morgan fingerprint density at radius 2 is 1.77 bits per heavy atom. The summed E-state index contributed by atoms with van der Waals surface area (Å²) in [4.78, 5) is 11.9. The second kappa shape index (κ2) is 8.48. The van der Waals surface area contributed by atoms with Crippen molar-refractivity contribution < 1.29 is 13.6 Å². The van der Waals surface area contributed by atoms with Crippen LogP contribution in [0.5, 0.6) is 0 Å². The van der Waals surface area contributed by atoms with Gasteiger partial charge in [0.15, 0.2) is 0 Å². The van der Waals surface area contributed by atoms with Crippen LogP contribution in [-0.4, -0.2) is 29.2 Å². The summed E-state index contributed by atoms with van der Waals surface area (Å²) in [5, 5.41) is 15.2. The van der Waals surface area contributed by atoms with Gasteiger partial charge in [-0.1, -0.05) is 35.6 Å². The largest absolute Gasteiger partial charge is 0.358 e. The molecule has 5 nitrogen and oxygen atoms in total. The van der Waals surface area contributed by atoms with E-state index in [1.165, 1.54) is 41.7 Å². The zero-order valence-electron chi connectivity index (χ0n) is 13.7. The molecule has 0 saturated heterocycles. The van der Waals surface area contributed by atoms with E-state index in [4.69, 9.17) is 0 Å². The number of halogens is 2. The molecule has 26 heavy (non-hydrogen) atoms. The van der Waals surface area contributed by atoms with Crippen LogP contribution in [0.2, 0.25) is 0 Å². The van der Waals surface area contributed by atoms with E-state index in [0.717, 1.165) is 10.6 Å². The molecule has 3 aromatic rings. The lowest BCUT2D eigenvalue weighted by molar-refractivity contribution is 0.0951. The quantitative estimate of drug-likeness (QED) is 0.623. The molecule has 1 amide bonds. The number of nitrogens with one attached hydrogen (secondary N) is 2. The van der Waals surface area contributed by atoms with Crippen LogP contribution in [0.3, 0.4) is 0 Å². The smallest absolute Gasteiger partial charge is 0.254 e. The molecule has 0 bridgehead atoms. The van der Waals surface area contributed by atoms with E-state index in [-0.39, 0.29) is 11.4 Å². The molecule has 2 N–H and O–H groups in total. The number of hydrogen-bond donors (Lipinski definition) is 2. The molecule has 1 aromatic heterocycles. The van der Waals surface area contributed by atoms with Crippen molar-refractivity contribution in [1.29, 1.82) is 0 Å². The minimum Gasteiger partial charge on any atom is -0.358 e. The monoisotopic (exact) mass is 374 g/mol. The van der Waals surface area contributed by atoms with Crippen LogP contribution in [0.15, 0.2) is 48.5 Å². The van der Waals surface area contributed by atoms with Crippen LogP contribution in [-0.2, 0) is 6.42 Å². The highest BCUT2D eigenvalue weighted by atomic mass is 32.1. The first kappa shape index (κ1) is 17.9. The minimum absolute atomic E-state index is 0.0185. The van der Waals surface area contributed by atoms with Crippen LogP contribution >= 0.6 is 11.3 Å². The molecule has 2 aromatic carbocycles. The highest BCUT2D eigenvalue weighted by molar-refractivity contribution is 7.15. The molecule has 0 aliphatic heterocycles. The fourth-order valence-electron chi connectivity index (χ4n) is 2.26. The summed E-state index contributed by atoms with van der Waals surface area (Å²) in [6, 6.07) is 12.1. The molecule has 8 heteroatoms. The minimum atomic E-state index is -0.549. The Bertz CT molecular complexity index is 883. The summed E-state index contributed by atoms with van der Waals surface area (Å²) < 4.78 is 26.4. The Hall–Kier alpha value is -2.87. The number of rotatable bonds is 7. The normalized spacial score (nSPS) is 10.5. The van der Waals surface area contributed by atoms with Gasteiger partial charge in [0, 0.05) is 19.5 Å². The van der Waals surface area contributed by atoms with E-state index < -0.39 is 11.7 Å². The highest BCUT2D eigenvalue weighted by Crippen LogP contribution is 2.18. The van der Waals surface area contributed by atoms with Crippen LogP contribution in [0, 0.1) is 11.6 Å². The molecule has 1 heterocycles. The molecule has 0 unspecified atom stereocenters. The fourth-order valence-corrected chi connectivity index (χ4v) is 3.06. The highest BCUT2D eigenvalue weighted by Gasteiger charge is 2.10. The number of carbonyl (C=O) groups is 1. The standard InChI is InChI=1S/C18H16F2N4OS/c19-13-7-5-12(6-8-13)11-16-23-24-18(26-16)22-10-9-21-17(25)14-3-1-2-4-15(14)20/h1-8H,9-11H2,(H,21,25)(H,22,24). The summed E-state index contributed by atoms with van der Waals surface area (Å²) in [5.41, 5.74) is 0.969. The van der Waals surface area contributed by atoms with E-state index in [1.807, 2.05) is 0 Å². The summed E-state index contributed by atoms with van der Waals surface area (Å²) in [6.07, 6.45) is 0.573. The van der Waals surface area contributed by atoms with E-state index in [0.29, 0.717) is 24.6 Å². The van der Waals surface area contributed by atoms with Gasteiger partial charge in [-0.3, -0.25) is 4.79 Å². The number of hydrogen-bond acceptors (Lipinski definition) is 5. The molecule has 0 aliphatic carbocycles. The van der Waals surface area contributed by atoms with Crippen molar-refractivity contribution >= 4 is 22.4 Å². The lowest BCUT2D eigenvalue weighted by Gasteiger charge is -2.06. The van der Waals surface area contributed by atoms with Gasteiger partial charge in [0.2, 0.25) is 5.13 Å². The lowest BCUT2D eigenvalue weighted by atomic mass is 10.2. The second-order valence-electron chi connectivity index (χ2n) is 5.47. The summed E-state index contributed by atoms with van der Waals surface area (Å²) in [5.74, 6) is -1.28. The Kier molecular flexibility index (Phi) is 5.85. The predicted molar refractivity (Wildman–Crippen MR) is 96.3 cm³/mol. The number of amides is 1. The van der Waals surface area contributed by atoms with Crippen LogP contribution < -0.4 is 10.6 Å². The van der Waals surface area contributed by atoms with Gasteiger partial charge in [-0.15, -0.1) is 10.2 Å². The maximum absolute atomic E-state index is 13.5. The van der Waals surface area contributed by atoms with E-state index in [2.05, 4.69) is 20.8 Å². The Balaban J connectivity index is 1.44. The van der Waals surface area contributed by atoms with E-state index >= 15 is 0 Å². The number of aromatic nitrogens is 2. The molecule has 0 saturated carbocycles. The van der Waals surface area contributed by atoms with E-state index in [9.17, 15) is 13.6 Å². The van der Waals surface area contributed by atoms with Gasteiger partial charge in [-0.05, 0) is 29.8 Å². The maximum atomic E-state index is 13.5. The van der Waals surface area contributed by atoms with Gasteiger partial charge in [-0.25, -0.2) is 8.78 Å². The van der Waals surface area contributed by atoms with Crippen molar-refractivity contribution in [1.82, 2.24) is 15.5 Å². The fraction of sp³-hybridized carbons (Fsp3) is 0.167. The molecule has 0 aliphatic rings. The van der Waals surface area contributed by atoms with Crippen molar-refractivity contribution in [3.63, 3.8) is 0 Å². The first-order chi connectivity index (χ1) is 12.6. The van der Waals surface area contributed by atoms with Crippen LogP contribution in [0.25, 0.3) is 0 Å². The third kappa shape index (κ3) is 4.82. The molecule has 134 valence electrons. The van der Waals surface area contributed by atoms with Gasteiger partial charge < -0.3 is 10.6 Å². The molecule has 0 fully saturated rings. The Morgan fingerprint density at radius 1 is 1.00 bits per heavy atom. The van der Waals surface area contributed by atoms with Crippen molar-refractivity contribution in [3.8, 4) is 0 Å². The van der Waals surface area contributed by atoms with Crippen molar-refractivity contribution in [2.24, 2.45) is 0 Å². The molecular formula is C18H16F2N4OS. The third-order valence-corrected chi connectivity index (χ3v) is 4.42.